The van der Waals surface area contributed by atoms with Crippen LogP contribution in [0, 0.1) is 0 Å². The number of halogens is 1. The summed E-state index contributed by atoms with van der Waals surface area (Å²) in [5.41, 5.74) is 1.01. The van der Waals surface area contributed by atoms with Crippen LogP contribution in [0.15, 0.2) is 59.7 Å². The van der Waals surface area contributed by atoms with E-state index in [0.29, 0.717) is 22.1 Å². The van der Waals surface area contributed by atoms with E-state index in [2.05, 4.69) is 10.4 Å². The van der Waals surface area contributed by atoms with Gasteiger partial charge in [-0.05, 0) is 24.3 Å². The van der Waals surface area contributed by atoms with Crippen LogP contribution in [0.25, 0.3) is 0 Å². The maximum Gasteiger partial charge on any atom is 0.258 e. The van der Waals surface area contributed by atoms with Crippen molar-refractivity contribution in [3.63, 3.8) is 0 Å². The second-order valence-corrected chi connectivity index (χ2v) is 5.11. The fourth-order valence-corrected chi connectivity index (χ4v) is 2.34. The first-order chi connectivity index (χ1) is 10.6. The van der Waals surface area contributed by atoms with E-state index in [4.69, 9.17) is 11.6 Å². The summed E-state index contributed by atoms with van der Waals surface area (Å²) in [4.78, 5) is 24.2. The van der Waals surface area contributed by atoms with Gasteiger partial charge in [0.2, 0.25) is 0 Å². The quantitative estimate of drug-likeness (QED) is 0.926. The zero-order valence-corrected chi connectivity index (χ0v) is 12.2. The molecule has 2 amide bonds. The van der Waals surface area contributed by atoms with Gasteiger partial charge in [0.05, 0.1) is 22.7 Å². The van der Waals surface area contributed by atoms with Gasteiger partial charge >= 0.3 is 0 Å². The van der Waals surface area contributed by atoms with E-state index in [-0.39, 0.29) is 18.2 Å². The Hall–Kier alpha value is -2.66. The molecule has 0 bridgehead atoms. The summed E-state index contributed by atoms with van der Waals surface area (Å²) in [6.07, 6.45) is 0.0467. The van der Waals surface area contributed by atoms with Gasteiger partial charge in [-0.1, -0.05) is 41.9 Å². The van der Waals surface area contributed by atoms with E-state index in [1.807, 2.05) is 18.2 Å². The van der Waals surface area contributed by atoms with Crippen LogP contribution in [0.4, 0.5) is 5.69 Å². The van der Waals surface area contributed by atoms with Gasteiger partial charge in [0, 0.05) is 0 Å². The molecule has 5 nitrogen and oxygen atoms in total. The highest BCUT2D eigenvalue weighted by molar-refractivity contribution is 6.34. The van der Waals surface area contributed by atoms with Crippen molar-refractivity contribution in [1.82, 2.24) is 5.32 Å². The van der Waals surface area contributed by atoms with Crippen LogP contribution >= 0.6 is 11.6 Å². The monoisotopic (exact) mass is 313 g/mol. The van der Waals surface area contributed by atoms with Crippen molar-refractivity contribution in [3.05, 3.63) is 65.2 Å². The SMILES string of the molecule is O=C(NC1=NN(c2ccccc2)C(=O)C1)c1ccccc1Cl. The molecule has 0 aliphatic carbocycles. The van der Waals surface area contributed by atoms with Gasteiger partial charge in [0.25, 0.3) is 11.8 Å². The molecular formula is C16H12ClN3O2. The highest BCUT2D eigenvalue weighted by Crippen LogP contribution is 2.20. The van der Waals surface area contributed by atoms with E-state index in [1.54, 1.807) is 36.4 Å². The molecule has 1 N–H and O–H groups in total. The summed E-state index contributed by atoms with van der Waals surface area (Å²) in [6, 6.07) is 15.8. The summed E-state index contributed by atoms with van der Waals surface area (Å²) < 4.78 is 0. The first-order valence-electron chi connectivity index (χ1n) is 6.66. The fourth-order valence-electron chi connectivity index (χ4n) is 2.11. The lowest BCUT2D eigenvalue weighted by atomic mass is 10.2. The number of anilines is 1. The number of para-hydroxylation sites is 1. The van der Waals surface area contributed by atoms with Crippen molar-refractivity contribution < 1.29 is 9.59 Å². The lowest BCUT2D eigenvalue weighted by Gasteiger charge is -2.10. The third kappa shape index (κ3) is 2.84. The fraction of sp³-hybridized carbons (Fsp3) is 0.0625. The molecule has 0 aromatic heterocycles. The van der Waals surface area contributed by atoms with Crippen molar-refractivity contribution >= 4 is 34.9 Å². The van der Waals surface area contributed by atoms with Crippen molar-refractivity contribution in [2.24, 2.45) is 5.10 Å². The highest BCUT2D eigenvalue weighted by Gasteiger charge is 2.26. The topological polar surface area (TPSA) is 61.8 Å². The highest BCUT2D eigenvalue weighted by atomic mass is 35.5. The molecule has 0 spiro atoms. The number of hydrogen-bond donors (Lipinski definition) is 1. The molecule has 2 aromatic carbocycles. The van der Waals surface area contributed by atoms with Crippen molar-refractivity contribution in [2.45, 2.75) is 6.42 Å². The molecule has 2 aromatic rings. The third-order valence-corrected chi connectivity index (χ3v) is 3.48. The molecule has 3 rings (SSSR count). The van der Waals surface area contributed by atoms with Crippen molar-refractivity contribution in [1.29, 1.82) is 0 Å². The number of carbonyl (C=O) groups is 2. The summed E-state index contributed by atoms with van der Waals surface area (Å²) in [5.74, 6) is -0.272. The van der Waals surface area contributed by atoms with Gasteiger partial charge in [0.1, 0.15) is 5.84 Å². The van der Waals surface area contributed by atoms with Gasteiger partial charge in [-0.3, -0.25) is 9.59 Å². The van der Waals surface area contributed by atoms with Crippen LogP contribution in [-0.2, 0) is 4.79 Å². The number of carbonyl (C=O) groups excluding carboxylic acids is 2. The van der Waals surface area contributed by atoms with Gasteiger partial charge in [0.15, 0.2) is 0 Å². The average molecular weight is 314 g/mol. The molecular weight excluding hydrogens is 302 g/mol. The third-order valence-electron chi connectivity index (χ3n) is 3.15. The number of rotatable bonds is 2. The molecule has 0 saturated carbocycles. The first kappa shape index (κ1) is 14.3. The predicted molar refractivity (Wildman–Crippen MR) is 84.9 cm³/mol. The van der Waals surface area contributed by atoms with Crippen LogP contribution in [0.1, 0.15) is 16.8 Å². The average Bonchev–Trinajstić information content (AvgIpc) is 2.89. The number of amides is 2. The minimum Gasteiger partial charge on any atom is -0.308 e. The van der Waals surface area contributed by atoms with E-state index >= 15 is 0 Å². The summed E-state index contributed by atoms with van der Waals surface area (Å²) in [5, 5.41) is 8.42. The Morgan fingerprint density at radius 1 is 1.09 bits per heavy atom. The number of amidine groups is 1. The Morgan fingerprint density at radius 3 is 2.50 bits per heavy atom. The molecule has 1 aliphatic rings. The molecule has 0 unspecified atom stereocenters. The summed E-state index contributed by atoms with van der Waals surface area (Å²) >= 11 is 5.98. The molecule has 0 fully saturated rings. The molecule has 0 atom stereocenters. The largest absolute Gasteiger partial charge is 0.308 e. The summed E-state index contributed by atoms with van der Waals surface area (Å²) in [7, 11) is 0. The van der Waals surface area contributed by atoms with Crippen LogP contribution in [0.5, 0.6) is 0 Å². The Kier molecular flexibility index (Phi) is 3.89. The van der Waals surface area contributed by atoms with E-state index in [9.17, 15) is 9.59 Å². The Balaban J connectivity index is 1.78. The minimum atomic E-state index is -0.382. The van der Waals surface area contributed by atoms with Crippen LogP contribution in [0.3, 0.4) is 0 Å². The van der Waals surface area contributed by atoms with Crippen molar-refractivity contribution in [2.75, 3.05) is 5.01 Å². The smallest absolute Gasteiger partial charge is 0.258 e. The first-order valence-corrected chi connectivity index (χ1v) is 7.04. The van der Waals surface area contributed by atoms with Crippen molar-refractivity contribution in [3.8, 4) is 0 Å². The minimum absolute atomic E-state index is 0.0467. The zero-order chi connectivity index (χ0) is 15.5. The summed E-state index contributed by atoms with van der Waals surface area (Å²) in [6.45, 7) is 0. The number of hydrazone groups is 1. The Labute approximate surface area is 132 Å². The number of nitrogens with zero attached hydrogens (tertiary/aromatic N) is 2. The zero-order valence-electron chi connectivity index (χ0n) is 11.5. The van der Waals surface area contributed by atoms with Gasteiger partial charge in [-0.2, -0.15) is 10.1 Å². The number of nitrogens with one attached hydrogen (secondary N) is 1. The number of benzene rings is 2. The maximum atomic E-state index is 12.2. The molecule has 1 heterocycles. The van der Waals surface area contributed by atoms with Gasteiger partial charge in [-0.25, -0.2) is 0 Å². The van der Waals surface area contributed by atoms with Crippen LogP contribution in [0.2, 0.25) is 5.02 Å². The van der Waals surface area contributed by atoms with Gasteiger partial charge < -0.3 is 5.32 Å². The van der Waals surface area contributed by atoms with E-state index in [0.717, 1.165) is 0 Å². The maximum absolute atomic E-state index is 12.2. The lowest BCUT2D eigenvalue weighted by molar-refractivity contribution is -0.116. The predicted octanol–water partition coefficient (Wildman–Crippen LogP) is 2.82. The molecule has 0 saturated heterocycles. The number of hydrogen-bond acceptors (Lipinski definition) is 3. The molecule has 6 heteroatoms. The molecule has 0 radical (unpaired) electrons. The van der Waals surface area contributed by atoms with E-state index in [1.165, 1.54) is 5.01 Å². The lowest BCUT2D eigenvalue weighted by Crippen LogP contribution is -2.29. The second-order valence-electron chi connectivity index (χ2n) is 4.70. The van der Waals surface area contributed by atoms with E-state index < -0.39 is 0 Å². The van der Waals surface area contributed by atoms with Gasteiger partial charge in [-0.15, -0.1) is 0 Å². The Morgan fingerprint density at radius 2 is 1.77 bits per heavy atom. The standard InChI is InChI=1S/C16H12ClN3O2/c17-13-9-5-4-8-12(13)16(22)18-14-10-15(21)20(19-14)11-6-2-1-3-7-11/h1-9H,10H2,(H,18,19,22). The second kappa shape index (κ2) is 5.99. The van der Waals surface area contributed by atoms with Crippen LogP contribution < -0.4 is 10.3 Å². The normalized spacial score (nSPS) is 14.0. The Bertz CT molecular complexity index is 759. The molecule has 1 aliphatic heterocycles. The molecule has 110 valence electrons. The molecule has 22 heavy (non-hydrogen) atoms. The van der Waals surface area contributed by atoms with Crippen LogP contribution in [-0.4, -0.2) is 17.6 Å².